The summed E-state index contributed by atoms with van der Waals surface area (Å²) in [6.45, 7) is 2.75. The standard InChI is InChI=1S/C44H44ClF3N4O5S3/c1-51(2)25-24-37(30-58-38-9-4-3-5-10-38)49-41-21-20-39(28-42(41)59(54,55)44(46,47)48)60(56,57)50-43(53)34-14-12-31(13-15-34)32-22-26-52(27-23-32)29-35-8-6-7-11-40(35)33-16-18-36(45)19-17-33/h3-22,28,37,49H,23-27,29-30H2,1-2H3,(H,50,53)/t37-/m1/s1. The van der Waals surface area contributed by atoms with Crippen molar-refractivity contribution in [2.45, 2.75) is 45.6 Å². The lowest BCUT2D eigenvalue weighted by atomic mass is 9.96. The largest absolute Gasteiger partial charge is 0.501 e. The van der Waals surface area contributed by atoms with Crippen LogP contribution < -0.4 is 10.0 Å². The molecule has 0 unspecified atom stereocenters. The average molecular weight is 898 g/mol. The zero-order valence-corrected chi connectivity index (χ0v) is 36.0. The highest BCUT2D eigenvalue weighted by atomic mass is 35.5. The minimum Gasteiger partial charge on any atom is -0.380 e. The maximum atomic E-state index is 14.0. The van der Waals surface area contributed by atoms with E-state index in [4.69, 9.17) is 11.6 Å². The predicted molar refractivity (Wildman–Crippen MR) is 233 cm³/mol. The van der Waals surface area contributed by atoms with Gasteiger partial charge >= 0.3 is 5.51 Å². The summed E-state index contributed by atoms with van der Waals surface area (Å²) in [6, 6.07) is 33.5. The van der Waals surface area contributed by atoms with Crippen LogP contribution in [0.2, 0.25) is 5.02 Å². The first kappa shape index (κ1) is 44.9. The number of sulfone groups is 1. The van der Waals surface area contributed by atoms with Gasteiger partial charge in [-0.2, -0.15) is 13.2 Å². The van der Waals surface area contributed by atoms with Gasteiger partial charge < -0.3 is 10.2 Å². The van der Waals surface area contributed by atoms with Crippen molar-refractivity contribution in [1.82, 2.24) is 14.5 Å². The van der Waals surface area contributed by atoms with E-state index < -0.39 is 52.8 Å². The van der Waals surface area contributed by atoms with Crippen molar-refractivity contribution >= 4 is 60.4 Å². The Kier molecular flexibility index (Phi) is 14.5. The Balaban J connectivity index is 1.14. The lowest BCUT2D eigenvalue weighted by Gasteiger charge is -2.27. The molecular weight excluding hydrogens is 853 g/mol. The van der Waals surface area contributed by atoms with Crippen molar-refractivity contribution in [3.05, 3.63) is 149 Å². The Labute approximate surface area is 358 Å². The number of hydrogen-bond acceptors (Lipinski definition) is 9. The maximum Gasteiger partial charge on any atom is 0.501 e. The number of carbonyl (C=O) groups excluding carboxylic acids is 1. The third kappa shape index (κ3) is 11.4. The molecule has 2 N–H and O–H groups in total. The van der Waals surface area contributed by atoms with Gasteiger partial charge in [-0.05, 0) is 116 Å². The Hall–Kier alpha value is -4.64. The van der Waals surface area contributed by atoms with Crippen LogP contribution in [0.5, 0.6) is 0 Å². The molecule has 0 saturated heterocycles. The zero-order valence-electron chi connectivity index (χ0n) is 32.8. The van der Waals surface area contributed by atoms with Gasteiger partial charge in [-0.25, -0.2) is 21.6 Å². The van der Waals surface area contributed by atoms with E-state index in [-0.39, 0.29) is 5.56 Å². The Bertz CT molecular complexity index is 2540. The van der Waals surface area contributed by atoms with Crippen LogP contribution in [0.4, 0.5) is 18.9 Å². The molecule has 0 aliphatic carbocycles. The third-order valence-electron chi connectivity index (χ3n) is 9.94. The number of nitrogens with one attached hydrogen (secondary N) is 2. The summed E-state index contributed by atoms with van der Waals surface area (Å²) >= 11 is 7.54. The van der Waals surface area contributed by atoms with Crippen LogP contribution in [0, 0.1) is 0 Å². The van der Waals surface area contributed by atoms with Crippen molar-refractivity contribution in [3.8, 4) is 11.1 Å². The van der Waals surface area contributed by atoms with Gasteiger partial charge in [0.05, 0.1) is 10.6 Å². The van der Waals surface area contributed by atoms with E-state index in [0.717, 1.165) is 58.8 Å². The summed E-state index contributed by atoms with van der Waals surface area (Å²) in [7, 11) is -7.20. The van der Waals surface area contributed by atoms with E-state index in [9.17, 15) is 34.8 Å². The number of carbonyl (C=O) groups is 1. The zero-order chi connectivity index (χ0) is 43.1. The van der Waals surface area contributed by atoms with E-state index in [1.165, 1.54) is 29.5 Å². The van der Waals surface area contributed by atoms with E-state index in [0.29, 0.717) is 36.4 Å². The highest BCUT2D eigenvalue weighted by Crippen LogP contribution is 2.37. The molecule has 6 rings (SSSR count). The topological polar surface area (TPSA) is 116 Å². The van der Waals surface area contributed by atoms with Crippen LogP contribution in [0.15, 0.2) is 142 Å². The number of nitrogens with zero attached hydrogens (tertiary/aromatic N) is 2. The number of alkyl halides is 3. The van der Waals surface area contributed by atoms with Gasteiger partial charge in [0, 0.05) is 46.9 Å². The first-order valence-electron chi connectivity index (χ1n) is 19.0. The van der Waals surface area contributed by atoms with Gasteiger partial charge in [0.15, 0.2) is 0 Å². The molecule has 1 amide bonds. The van der Waals surface area contributed by atoms with Gasteiger partial charge in [-0.15, -0.1) is 11.8 Å². The van der Waals surface area contributed by atoms with Gasteiger partial charge in [0.2, 0.25) is 0 Å². The van der Waals surface area contributed by atoms with Crippen molar-refractivity contribution < 1.29 is 34.8 Å². The number of benzene rings is 5. The fourth-order valence-corrected chi connectivity index (χ4v) is 9.83. The molecule has 0 saturated carbocycles. The third-order valence-corrected chi connectivity index (χ3v) is 14.2. The molecular formula is C44H44ClF3N4O5S3. The summed E-state index contributed by atoms with van der Waals surface area (Å²) in [6.07, 6.45) is 3.29. The Morgan fingerprint density at radius 2 is 1.53 bits per heavy atom. The molecule has 5 aromatic carbocycles. The SMILES string of the molecule is CN(C)CC[C@H](CSc1ccccc1)Nc1ccc(S(=O)(=O)NC(=O)c2ccc(C3=CCN(Cc4ccccc4-c4ccc(Cl)cc4)CC3)cc2)cc1S(=O)(=O)C(F)(F)F. The number of hydrogen-bond donors (Lipinski definition) is 2. The molecule has 1 heterocycles. The van der Waals surface area contributed by atoms with Crippen LogP contribution in [0.3, 0.4) is 0 Å². The van der Waals surface area contributed by atoms with Crippen molar-refractivity contribution in [2.75, 3.05) is 44.8 Å². The molecule has 0 bridgehead atoms. The summed E-state index contributed by atoms with van der Waals surface area (Å²) in [5.74, 6) is -0.664. The van der Waals surface area contributed by atoms with E-state index >= 15 is 0 Å². The molecule has 16 heteroatoms. The quantitative estimate of drug-likeness (QED) is 0.0936. The molecule has 1 atom stereocenters. The molecule has 316 valence electrons. The Morgan fingerprint density at radius 1 is 0.867 bits per heavy atom. The molecule has 1 aliphatic rings. The second kappa shape index (κ2) is 19.4. The second-order valence-electron chi connectivity index (χ2n) is 14.6. The van der Waals surface area contributed by atoms with Crippen LogP contribution in [-0.4, -0.2) is 83.6 Å². The molecule has 0 radical (unpaired) electrons. The molecule has 5 aromatic rings. The van der Waals surface area contributed by atoms with Gasteiger partial charge in [-0.3, -0.25) is 9.69 Å². The summed E-state index contributed by atoms with van der Waals surface area (Å²) in [5.41, 5.74) is -0.837. The van der Waals surface area contributed by atoms with Gasteiger partial charge in [0.1, 0.15) is 4.90 Å². The number of halogens is 4. The van der Waals surface area contributed by atoms with Crippen LogP contribution >= 0.6 is 23.4 Å². The van der Waals surface area contributed by atoms with Crippen LogP contribution in [0.25, 0.3) is 16.7 Å². The average Bonchev–Trinajstić information content (AvgIpc) is 3.22. The highest BCUT2D eigenvalue weighted by molar-refractivity contribution is 7.99. The van der Waals surface area contributed by atoms with Crippen molar-refractivity contribution in [2.24, 2.45) is 0 Å². The summed E-state index contributed by atoms with van der Waals surface area (Å²) in [4.78, 5) is 16.3. The van der Waals surface area contributed by atoms with Crippen LogP contribution in [0.1, 0.15) is 34.3 Å². The molecule has 0 aromatic heterocycles. The first-order valence-corrected chi connectivity index (χ1v) is 23.3. The van der Waals surface area contributed by atoms with Crippen molar-refractivity contribution in [3.63, 3.8) is 0 Å². The maximum absolute atomic E-state index is 14.0. The number of amides is 1. The predicted octanol–water partition coefficient (Wildman–Crippen LogP) is 9.23. The number of rotatable bonds is 16. The smallest absolute Gasteiger partial charge is 0.380 e. The minimum atomic E-state index is -6.03. The highest BCUT2D eigenvalue weighted by Gasteiger charge is 2.48. The number of thioether (sulfide) groups is 1. The second-order valence-corrected chi connectivity index (χ2v) is 19.7. The summed E-state index contributed by atoms with van der Waals surface area (Å²) in [5, 5.41) is 3.61. The van der Waals surface area contributed by atoms with E-state index in [1.807, 2.05) is 90.4 Å². The normalized spacial score (nSPS) is 14.4. The van der Waals surface area contributed by atoms with Gasteiger partial charge in [-0.1, -0.05) is 84.4 Å². The lowest BCUT2D eigenvalue weighted by Crippen LogP contribution is -2.32. The lowest BCUT2D eigenvalue weighted by molar-refractivity contribution is -0.0435. The monoisotopic (exact) mass is 896 g/mol. The summed E-state index contributed by atoms with van der Waals surface area (Å²) < 4.78 is 96.6. The van der Waals surface area contributed by atoms with E-state index in [1.54, 1.807) is 12.1 Å². The van der Waals surface area contributed by atoms with Crippen molar-refractivity contribution in [1.29, 1.82) is 0 Å². The van der Waals surface area contributed by atoms with E-state index in [2.05, 4.69) is 28.4 Å². The van der Waals surface area contributed by atoms with Gasteiger partial charge in [0.25, 0.3) is 25.8 Å². The molecule has 0 spiro atoms. The fourth-order valence-electron chi connectivity index (χ4n) is 6.68. The fraction of sp³-hybridized carbons (Fsp3) is 0.250. The number of sulfonamides is 1. The van der Waals surface area contributed by atoms with Crippen LogP contribution in [-0.2, 0) is 26.4 Å². The molecule has 0 fully saturated rings. The number of anilines is 1. The molecule has 60 heavy (non-hydrogen) atoms. The molecule has 1 aliphatic heterocycles. The minimum absolute atomic E-state index is 0.0137. The Morgan fingerprint density at radius 3 is 2.18 bits per heavy atom. The first-order chi connectivity index (χ1) is 28.5. The molecule has 9 nitrogen and oxygen atoms in total.